The van der Waals surface area contributed by atoms with Crippen LogP contribution in [0.25, 0.3) is 0 Å². The van der Waals surface area contributed by atoms with Gasteiger partial charge >= 0.3 is 0 Å². The molecule has 0 amide bonds. The molecule has 1 aromatic rings. The molecule has 0 spiro atoms. The van der Waals surface area contributed by atoms with Crippen LogP contribution in [-0.4, -0.2) is 11.9 Å². The lowest BCUT2D eigenvalue weighted by Crippen LogP contribution is -2.56. The number of aryl methyl sites for hydroxylation is 2. The molecule has 3 rings (SSSR count). The highest BCUT2D eigenvalue weighted by atomic mass is 16.5. The highest BCUT2D eigenvalue weighted by Gasteiger charge is 2.53. The molecule has 0 heterocycles. The molecule has 102 valence electrons. The molecule has 1 aromatic carbocycles. The lowest BCUT2D eigenvalue weighted by atomic mass is 9.61. The monoisotopic (exact) mass is 258 g/mol. The number of fused-ring (bicyclic) bond motifs is 1. The van der Waals surface area contributed by atoms with E-state index in [9.17, 15) is 4.79 Å². The van der Waals surface area contributed by atoms with Gasteiger partial charge in [0.2, 0.25) is 0 Å². The average Bonchev–Trinajstić information content (AvgIpc) is 2.87. The number of ether oxygens (including phenoxy) is 1. The first-order valence-corrected chi connectivity index (χ1v) is 7.51. The topological polar surface area (TPSA) is 26.3 Å². The van der Waals surface area contributed by atoms with Gasteiger partial charge in [0, 0.05) is 6.42 Å². The fraction of sp³-hybridized carbons (Fsp3) is 0.588. The van der Waals surface area contributed by atoms with E-state index in [0.717, 1.165) is 18.6 Å². The van der Waals surface area contributed by atoms with E-state index in [0.29, 0.717) is 12.2 Å². The maximum absolute atomic E-state index is 11.9. The standard InChI is InChI=1S/C17H22O2/c1-3-17(4-2)15(18)11-16(17)19-14-9-8-12-6-5-7-13(12)10-14/h8-10,16H,3-7,11H2,1-2H3. The molecule has 2 nitrogen and oxygen atoms in total. The van der Waals surface area contributed by atoms with Crippen LogP contribution < -0.4 is 4.74 Å². The smallest absolute Gasteiger partial charge is 0.146 e. The van der Waals surface area contributed by atoms with E-state index < -0.39 is 0 Å². The van der Waals surface area contributed by atoms with E-state index in [1.165, 1.54) is 30.4 Å². The molecule has 19 heavy (non-hydrogen) atoms. The van der Waals surface area contributed by atoms with Crippen LogP contribution in [0.2, 0.25) is 0 Å². The van der Waals surface area contributed by atoms with Crippen LogP contribution in [0, 0.1) is 5.41 Å². The third-order valence-corrected chi connectivity index (χ3v) is 5.15. The van der Waals surface area contributed by atoms with Gasteiger partial charge in [0.05, 0.1) is 5.41 Å². The molecular formula is C17H22O2. The number of rotatable bonds is 4. The van der Waals surface area contributed by atoms with Gasteiger partial charge < -0.3 is 4.74 Å². The highest BCUT2D eigenvalue weighted by Crippen LogP contribution is 2.45. The Morgan fingerprint density at radius 2 is 1.95 bits per heavy atom. The summed E-state index contributed by atoms with van der Waals surface area (Å²) in [7, 11) is 0. The summed E-state index contributed by atoms with van der Waals surface area (Å²) in [4.78, 5) is 11.9. The molecule has 1 unspecified atom stereocenters. The zero-order chi connectivity index (χ0) is 13.5. The summed E-state index contributed by atoms with van der Waals surface area (Å²) in [6.07, 6.45) is 6.06. The van der Waals surface area contributed by atoms with Crippen LogP contribution in [0.5, 0.6) is 5.75 Å². The number of Topliss-reactive ketones (excluding diaryl/α,β-unsaturated/α-hetero) is 1. The third-order valence-electron chi connectivity index (χ3n) is 5.15. The number of carbonyl (C=O) groups excluding carboxylic acids is 1. The minimum absolute atomic E-state index is 0.0782. The van der Waals surface area contributed by atoms with Crippen LogP contribution >= 0.6 is 0 Å². The number of carbonyl (C=O) groups is 1. The van der Waals surface area contributed by atoms with Crippen molar-refractivity contribution in [3.63, 3.8) is 0 Å². The Bertz CT molecular complexity index is 500. The van der Waals surface area contributed by atoms with E-state index in [4.69, 9.17) is 4.74 Å². The Morgan fingerprint density at radius 3 is 2.63 bits per heavy atom. The zero-order valence-electron chi connectivity index (χ0n) is 11.9. The van der Waals surface area contributed by atoms with Crippen LogP contribution in [0.15, 0.2) is 18.2 Å². The quantitative estimate of drug-likeness (QED) is 0.823. The predicted octanol–water partition coefficient (Wildman–Crippen LogP) is 3.70. The number of ketones is 1. The molecule has 0 bridgehead atoms. The lowest BCUT2D eigenvalue weighted by Gasteiger charge is -2.46. The van der Waals surface area contributed by atoms with Crippen molar-refractivity contribution >= 4 is 5.78 Å². The van der Waals surface area contributed by atoms with Crippen molar-refractivity contribution in [1.29, 1.82) is 0 Å². The van der Waals surface area contributed by atoms with Crippen molar-refractivity contribution < 1.29 is 9.53 Å². The van der Waals surface area contributed by atoms with Crippen LogP contribution in [0.1, 0.15) is 50.7 Å². The van der Waals surface area contributed by atoms with E-state index >= 15 is 0 Å². The molecule has 1 atom stereocenters. The first-order chi connectivity index (χ1) is 9.19. The van der Waals surface area contributed by atoms with Gasteiger partial charge in [-0.2, -0.15) is 0 Å². The van der Waals surface area contributed by atoms with Crippen molar-refractivity contribution in [3.05, 3.63) is 29.3 Å². The number of hydrogen-bond acceptors (Lipinski definition) is 2. The molecule has 0 saturated heterocycles. The van der Waals surface area contributed by atoms with Crippen LogP contribution in [0.4, 0.5) is 0 Å². The second-order valence-corrected chi connectivity index (χ2v) is 5.88. The van der Waals surface area contributed by atoms with Gasteiger partial charge in [0.25, 0.3) is 0 Å². The maximum Gasteiger partial charge on any atom is 0.146 e. The summed E-state index contributed by atoms with van der Waals surface area (Å²) in [5.74, 6) is 1.33. The molecule has 2 heteroatoms. The average molecular weight is 258 g/mol. The van der Waals surface area contributed by atoms with Gasteiger partial charge in [-0.05, 0) is 55.4 Å². The Morgan fingerprint density at radius 1 is 1.21 bits per heavy atom. The van der Waals surface area contributed by atoms with Gasteiger partial charge in [-0.15, -0.1) is 0 Å². The summed E-state index contributed by atoms with van der Waals surface area (Å²) in [5, 5.41) is 0. The maximum atomic E-state index is 11.9. The number of hydrogen-bond donors (Lipinski definition) is 0. The van der Waals surface area contributed by atoms with E-state index in [1.54, 1.807) is 0 Å². The Labute approximate surface area is 115 Å². The van der Waals surface area contributed by atoms with E-state index in [-0.39, 0.29) is 11.5 Å². The van der Waals surface area contributed by atoms with Gasteiger partial charge in [-0.25, -0.2) is 0 Å². The van der Waals surface area contributed by atoms with Crippen LogP contribution in [-0.2, 0) is 17.6 Å². The van der Waals surface area contributed by atoms with Crippen molar-refractivity contribution in [1.82, 2.24) is 0 Å². The molecule has 1 fully saturated rings. The summed E-state index contributed by atoms with van der Waals surface area (Å²) in [6.45, 7) is 4.19. The Hall–Kier alpha value is -1.31. The lowest BCUT2D eigenvalue weighted by molar-refractivity contribution is -0.153. The molecule has 1 saturated carbocycles. The van der Waals surface area contributed by atoms with Gasteiger partial charge in [0.15, 0.2) is 0 Å². The Kier molecular flexibility index (Phi) is 3.12. The second-order valence-electron chi connectivity index (χ2n) is 5.88. The zero-order valence-corrected chi connectivity index (χ0v) is 11.9. The van der Waals surface area contributed by atoms with Gasteiger partial charge in [-0.1, -0.05) is 19.9 Å². The van der Waals surface area contributed by atoms with Crippen molar-refractivity contribution in [3.8, 4) is 5.75 Å². The summed E-state index contributed by atoms with van der Waals surface area (Å²) < 4.78 is 6.12. The van der Waals surface area contributed by atoms with E-state index in [1.807, 2.05) is 0 Å². The molecule has 2 aliphatic carbocycles. The van der Waals surface area contributed by atoms with Gasteiger partial charge in [0.1, 0.15) is 17.6 Å². The largest absolute Gasteiger partial charge is 0.489 e. The fourth-order valence-electron chi connectivity index (χ4n) is 3.66. The molecule has 0 aromatic heterocycles. The first kappa shape index (κ1) is 12.7. The molecule has 2 aliphatic rings. The SMILES string of the molecule is CCC1(CC)C(=O)CC1Oc1ccc2c(c1)CCC2. The molecule has 0 N–H and O–H groups in total. The molecular weight excluding hydrogens is 236 g/mol. The van der Waals surface area contributed by atoms with E-state index in [2.05, 4.69) is 32.0 Å². The predicted molar refractivity (Wildman–Crippen MR) is 75.5 cm³/mol. The van der Waals surface area contributed by atoms with Crippen molar-refractivity contribution in [2.45, 2.75) is 58.5 Å². The van der Waals surface area contributed by atoms with Crippen molar-refractivity contribution in [2.24, 2.45) is 5.41 Å². The summed E-state index contributed by atoms with van der Waals surface area (Å²) >= 11 is 0. The van der Waals surface area contributed by atoms with Crippen LogP contribution in [0.3, 0.4) is 0 Å². The molecule has 0 aliphatic heterocycles. The molecule has 0 radical (unpaired) electrons. The van der Waals surface area contributed by atoms with Gasteiger partial charge in [-0.3, -0.25) is 4.79 Å². The van der Waals surface area contributed by atoms with Crippen molar-refractivity contribution in [2.75, 3.05) is 0 Å². The second kappa shape index (κ2) is 4.66. The summed E-state index contributed by atoms with van der Waals surface area (Å²) in [5.41, 5.74) is 2.68. The Balaban J connectivity index is 1.77. The normalized spacial score (nSPS) is 23.9. The summed E-state index contributed by atoms with van der Waals surface area (Å²) in [6, 6.07) is 6.45. The minimum atomic E-state index is -0.223. The highest BCUT2D eigenvalue weighted by molar-refractivity contribution is 5.92. The minimum Gasteiger partial charge on any atom is -0.489 e. The first-order valence-electron chi connectivity index (χ1n) is 7.51. The number of benzene rings is 1. The fourth-order valence-corrected chi connectivity index (χ4v) is 3.66. The third kappa shape index (κ3) is 1.89.